The van der Waals surface area contributed by atoms with Gasteiger partial charge in [-0.1, -0.05) is 12.8 Å². The number of hydrogen-bond donors (Lipinski definition) is 3. The molecular weight excluding hydrogens is 322 g/mol. The number of hydrogen-bond acceptors (Lipinski definition) is 5. The highest BCUT2D eigenvalue weighted by atomic mass is 16.5. The lowest BCUT2D eigenvalue weighted by Gasteiger charge is -2.36. The zero-order valence-electron chi connectivity index (χ0n) is 15.5. The SMILES string of the molecule is CN(C)CC(=O)N[C@H]1CC[C@@H](CCNC(=O)C2CCCC2)O[C@@H]1CO. The smallest absolute Gasteiger partial charge is 0.234 e. The number of aliphatic hydroxyl groups excluding tert-OH is 1. The number of likely N-dealkylation sites (N-methyl/N-ethyl adjacent to an activating group) is 1. The molecule has 2 fully saturated rings. The monoisotopic (exact) mass is 355 g/mol. The Bertz CT molecular complexity index is 438. The summed E-state index contributed by atoms with van der Waals surface area (Å²) < 4.78 is 5.93. The zero-order valence-corrected chi connectivity index (χ0v) is 15.5. The molecule has 7 heteroatoms. The second kappa shape index (κ2) is 10.1. The van der Waals surface area contributed by atoms with Crippen molar-refractivity contribution in [2.24, 2.45) is 5.92 Å². The highest BCUT2D eigenvalue weighted by Crippen LogP contribution is 2.25. The lowest BCUT2D eigenvalue weighted by Crippen LogP contribution is -2.52. The Morgan fingerprint density at radius 2 is 1.88 bits per heavy atom. The van der Waals surface area contributed by atoms with Gasteiger partial charge in [-0.15, -0.1) is 0 Å². The number of rotatable bonds is 8. The molecule has 1 saturated heterocycles. The number of ether oxygens (including phenoxy) is 1. The van der Waals surface area contributed by atoms with E-state index in [1.165, 1.54) is 0 Å². The van der Waals surface area contributed by atoms with Gasteiger partial charge in [0.1, 0.15) is 6.10 Å². The Kier molecular flexibility index (Phi) is 8.12. The van der Waals surface area contributed by atoms with Gasteiger partial charge in [0.2, 0.25) is 11.8 Å². The summed E-state index contributed by atoms with van der Waals surface area (Å²) in [5.41, 5.74) is 0. The summed E-state index contributed by atoms with van der Waals surface area (Å²) in [6, 6.07) is -0.151. The third kappa shape index (κ3) is 6.56. The Labute approximate surface area is 150 Å². The predicted octanol–water partition coefficient (Wildman–Crippen LogP) is 0.269. The summed E-state index contributed by atoms with van der Waals surface area (Å²) >= 11 is 0. The van der Waals surface area contributed by atoms with E-state index in [2.05, 4.69) is 10.6 Å². The van der Waals surface area contributed by atoms with Crippen molar-refractivity contribution in [3.63, 3.8) is 0 Å². The fraction of sp³-hybridized carbons (Fsp3) is 0.889. The molecule has 144 valence electrons. The molecular formula is C18H33N3O4. The number of carbonyl (C=O) groups is 2. The summed E-state index contributed by atoms with van der Waals surface area (Å²) in [4.78, 5) is 25.7. The minimum absolute atomic E-state index is 0.0167. The lowest BCUT2D eigenvalue weighted by molar-refractivity contribution is -0.130. The van der Waals surface area contributed by atoms with Crippen LogP contribution in [0.3, 0.4) is 0 Å². The van der Waals surface area contributed by atoms with Crippen LogP contribution in [0, 0.1) is 5.92 Å². The molecule has 2 rings (SSSR count). The van der Waals surface area contributed by atoms with Gasteiger partial charge >= 0.3 is 0 Å². The van der Waals surface area contributed by atoms with E-state index in [1.807, 2.05) is 19.0 Å². The highest BCUT2D eigenvalue weighted by Gasteiger charge is 2.32. The molecule has 25 heavy (non-hydrogen) atoms. The molecule has 0 aromatic heterocycles. The Morgan fingerprint density at radius 3 is 2.52 bits per heavy atom. The topological polar surface area (TPSA) is 90.9 Å². The number of carbonyl (C=O) groups excluding carboxylic acids is 2. The van der Waals surface area contributed by atoms with Crippen LogP contribution >= 0.6 is 0 Å². The fourth-order valence-corrected chi connectivity index (χ4v) is 3.74. The molecule has 3 N–H and O–H groups in total. The maximum atomic E-state index is 12.0. The van der Waals surface area contributed by atoms with Crippen LogP contribution in [0.1, 0.15) is 44.9 Å². The molecule has 1 heterocycles. The van der Waals surface area contributed by atoms with Gasteiger partial charge in [-0.2, -0.15) is 0 Å². The van der Waals surface area contributed by atoms with E-state index in [-0.39, 0.29) is 42.6 Å². The zero-order chi connectivity index (χ0) is 18.2. The quantitative estimate of drug-likeness (QED) is 0.581. The molecule has 1 aliphatic carbocycles. The maximum absolute atomic E-state index is 12.0. The van der Waals surface area contributed by atoms with Crippen LogP contribution in [0.25, 0.3) is 0 Å². The number of nitrogens with zero attached hydrogens (tertiary/aromatic N) is 1. The van der Waals surface area contributed by atoms with Crippen LogP contribution < -0.4 is 10.6 Å². The first-order chi connectivity index (χ1) is 12.0. The summed E-state index contributed by atoms with van der Waals surface area (Å²) in [6.45, 7) is 0.818. The van der Waals surface area contributed by atoms with Crippen molar-refractivity contribution in [3.8, 4) is 0 Å². The second-order valence-electron chi connectivity index (χ2n) is 7.53. The number of amides is 2. The van der Waals surface area contributed by atoms with Gasteiger partial charge in [-0.3, -0.25) is 9.59 Å². The minimum atomic E-state index is -0.379. The molecule has 0 unspecified atom stereocenters. The number of nitrogens with one attached hydrogen (secondary N) is 2. The third-order valence-electron chi connectivity index (χ3n) is 5.09. The molecule has 1 saturated carbocycles. The van der Waals surface area contributed by atoms with E-state index in [0.29, 0.717) is 13.1 Å². The van der Waals surface area contributed by atoms with Crippen LogP contribution in [0.4, 0.5) is 0 Å². The van der Waals surface area contributed by atoms with E-state index in [0.717, 1.165) is 44.9 Å². The molecule has 1 aliphatic heterocycles. The van der Waals surface area contributed by atoms with Crippen LogP contribution in [0.2, 0.25) is 0 Å². The Morgan fingerprint density at radius 1 is 1.16 bits per heavy atom. The van der Waals surface area contributed by atoms with Crippen LogP contribution in [0.5, 0.6) is 0 Å². The summed E-state index contributed by atoms with van der Waals surface area (Å²) in [6.07, 6.45) is 6.31. The van der Waals surface area contributed by atoms with Gasteiger partial charge in [-0.25, -0.2) is 0 Å². The first-order valence-electron chi connectivity index (χ1n) is 9.47. The van der Waals surface area contributed by atoms with Crippen LogP contribution in [-0.2, 0) is 14.3 Å². The fourth-order valence-electron chi connectivity index (χ4n) is 3.74. The van der Waals surface area contributed by atoms with Crippen LogP contribution in [-0.4, -0.2) is 73.9 Å². The predicted molar refractivity (Wildman–Crippen MR) is 95.1 cm³/mol. The normalized spacial score (nSPS) is 27.4. The standard InChI is InChI=1S/C18H33N3O4/c1-21(2)11-17(23)20-15-8-7-14(25-16(15)12-22)9-10-19-18(24)13-5-3-4-6-13/h13-16,22H,3-12H2,1-2H3,(H,19,24)(H,20,23)/t14-,15-,16+/m0/s1. The van der Waals surface area contributed by atoms with Crippen molar-refractivity contribution in [1.82, 2.24) is 15.5 Å². The van der Waals surface area contributed by atoms with Crippen molar-refractivity contribution in [3.05, 3.63) is 0 Å². The van der Waals surface area contributed by atoms with Crippen molar-refractivity contribution >= 4 is 11.8 Å². The molecule has 7 nitrogen and oxygen atoms in total. The van der Waals surface area contributed by atoms with Crippen molar-refractivity contribution in [2.75, 3.05) is 33.8 Å². The van der Waals surface area contributed by atoms with Crippen molar-refractivity contribution in [2.45, 2.75) is 63.2 Å². The maximum Gasteiger partial charge on any atom is 0.234 e. The molecule has 3 atom stereocenters. The molecule has 2 aliphatic rings. The van der Waals surface area contributed by atoms with Gasteiger partial charge < -0.3 is 25.4 Å². The number of aliphatic hydroxyl groups is 1. The summed E-state index contributed by atoms with van der Waals surface area (Å²) in [7, 11) is 3.69. The highest BCUT2D eigenvalue weighted by molar-refractivity contribution is 5.79. The van der Waals surface area contributed by atoms with E-state index < -0.39 is 0 Å². The molecule has 0 radical (unpaired) electrons. The van der Waals surface area contributed by atoms with Gasteiger partial charge in [0.25, 0.3) is 0 Å². The van der Waals surface area contributed by atoms with E-state index in [4.69, 9.17) is 4.74 Å². The second-order valence-corrected chi connectivity index (χ2v) is 7.53. The minimum Gasteiger partial charge on any atom is -0.394 e. The third-order valence-corrected chi connectivity index (χ3v) is 5.09. The van der Waals surface area contributed by atoms with Gasteiger partial charge in [0.15, 0.2) is 0 Å². The first kappa shape index (κ1) is 20.1. The van der Waals surface area contributed by atoms with E-state index in [1.54, 1.807) is 0 Å². The average molecular weight is 355 g/mol. The molecule has 0 aromatic carbocycles. The van der Waals surface area contributed by atoms with Gasteiger partial charge in [-0.05, 0) is 46.2 Å². The molecule has 0 spiro atoms. The molecule has 0 aromatic rings. The van der Waals surface area contributed by atoms with Crippen molar-refractivity contribution in [1.29, 1.82) is 0 Å². The summed E-state index contributed by atoms with van der Waals surface area (Å²) in [5.74, 6) is 0.300. The lowest BCUT2D eigenvalue weighted by atomic mass is 9.97. The molecule has 2 amide bonds. The Balaban J connectivity index is 1.69. The van der Waals surface area contributed by atoms with Gasteiger partial charge in [0.05, 0.1) is 25.3 Å². The van der Waals surface area contributed by atoms with E-state index >= 15 is 0 Å². The summed E-state index contributed by atoms with van der Waals surface area (Å²) in [5, 5.41) is 15.5. The van der Waals surface area contributed by atoms with Crippen molar-refractivity contribution < 1.29 is 19.4 Å². The van der Waals surface area contributed by atoms with E-state index in [9.17, 15) is 14.7 Å². The largest absolute Gasteiger partial charge is 0.394 e. The Hall–Kier alpha value is -1.18. The first-order valence-corrected chi connectivity index (χ1v) is 9.47. The van der Waals surface area contributed by atoms with Crippen LogP contribution in [0.15, 0.2) is 0 Å². The van der Waals surface area contributed by atoms with Gasteiger partial charge in [0, 0.05) is 12.5 Å². The average Bonchev–Trinajstić information content (AvgIpc) is 3.09. The molecule has 0 bridgehead atoms.